The molecule has 0 bridgehead atoms. The van der Waals surface area contributed by atoms with Crippen molar-refractivity contribution in [2.45, 2.75) is 30.6 Å². The van der Waals surface area contributed by atoms with Crippen LogP contribution < -0.4 is 5.73 Å². The highest BCUT2D eigenvalue weighted by atomic mass is 35.5. The normalized spacial score (nSPS) is 13.7. The molecular formula is C22H22Cl2N2O4S. The predicted octanol–water partition coefficient (Wildman–Crippen LogP) is 5.23. The Labute approximate surface area is 190 Å². The van der Waals surface area contributed by atoms with Crippen LogP contribution in [0.3, 0.4) is 0 Å². The number of hydrogen-bond donors (Lipinski definition) is 2. The Kier molecular flexibility index (Phi) is 7.11. The lowest BCUT2D eigenvalue weighted by atomic mass is 10.1. The number of carbonyl (C=O) groups excluding carboxylic acids is 1. The maximum atomic E-state index is 13.7. The maximum Gasteiger partial charge on any atom is 0.307 e. The third-order valence-corrected chi connectivity index (χ3v) is 7.59. The molecule has 2 aromatic carbocycles. The number of hydrogen-bond acceptors (Lipinski definition) is 5. The van der Waals surface area contributed by atoms with Crippen molar-refractivity contribution in [2.24, 2.45) is 5.73 Å². The monoisotopic (exact) mass is 480 g/mol. The summed E-state index contributed by atoms with van der Waals surface area (Å²) in [6, 6.07) is 11.5. The zero-order valence-electron chi connectivity index (χ0n) is 16.8. The molecular weight excluding hydrogens is 459 g/mol. The van der Waals surface area contributed by atoms with E-state index in [0.717, 1.165) is 0 Å². The molecule has 3 N–H and O–H groups in total. The van der Waals surface area contributed by atoms with Gasteiger partial charge in [-0.2, -0.15) is 0 Å². The molecule has 164 valence electrons. The molecule has 3 aromatic rings. The molecule has 3 rings (SSSR count). The SMILES string of the molecule is C=CC(c1ccc(Cl)c(CN)c1)S(=O)(=O)C(OC(=O)CC)c1cc2cc(Cl)ccc2[nH]1. The van der Waals surface area contributed by atoms with Crippen LogP contribution in [0.5, 0.6) is 0 Å². The van der Waals surface area contributed by atoms with Crippen molar-refractivity contribution in [2.75, 3.05) is 0 Å². The number of nitrogens with one attached hydrogen (secondary N) is 1. The standard InChI is InChI=1S/C22H22Cl2N2O4S/c1-3-20(13-5-7-17(24)15(9-13)12-25)31(28,29)22(30-21(27)4-2)19-11-14-10-16(23)6-8-18(14)26-19/h3,5-11,20,22,26H,1,4,12,25H2,2H3. The minimum atomic E-state index is -4.13. The van der Waals surface area contributed by atoms with Crippen molar-refractivity contribution in [3.63, 3.8) is 0 Å². The Morgan fingerprint density at radius 3 is 2.61 bits per heavy atom. The van der Waals surface area contributed by atoms with Crippen LogP contribution in [0.1, 0.15) is 40.9 Å². The van der Waals surface area contributed by atoms with Crippen molar-refractivity contribution in [1.82, 2.24) is 4.98 Å². The molecule has 0 aliphatic rings. The molecule has 0 fully saturated rings. The molecule has 1 aromatic heterocycles. The minimum Gasteiger partial charge on any atom is -0.439 e. The zero-order valence-corrected chi connectivity index (χ0v) is 19.1. The Balaban J connectivity index is 2.13. The van der Waals surface area contributed by atoms with Gasteiger partial charge >= 0.3 is 5.97 Å². The van der Waals surface area contributed by atoms with E-state index in [1.807, 2.05) is 0 Å². The zero-order chi connectivity index (χ0) is 22.8. The lowest BCUT2D eigenvalue weighted by Crippen LogP contribution is -2.25. The van der Waals surface area contributed by atoms with Gasteiger partial charge in [-0.25, -0.2) is 8.42 Å². The molecule has 0 saturated carbocycles. The molecule has 0 radical (unpaired) electrons. The largest absolute Gasteiger partial charge is 0.439 e. The van der Waals surface area contributed by atoms with Crippen LogP contribution in [-0.2, 0) is 25.9 Å². The van der Waals surface area contributed by atoms with Crippen LogP contribution in [0, 0.1) is 0 Å². The molecule has 1 heterocycles. The maximum absolute atomic E-state index is 13.7. The van der Waals surface area contributed by atoms with Crippen LogP contribution in [0.15, 0.2) is 55.1 Å². The summed E-state index contributed by atoms with van der Waals surface area (Å²) in [5, 5.41) is 0.484. The predicted molar refractivity (Wildman–Crippen MR) is 124 cm³/mol. The van der Waals surface area contributed by atoms with E-state index in [4.69, 9.17) is 33.7 Å². The number of fused-ring (bicyclic) bond motifs is 1. The van der Waals surface area contributed by atoms with Crippen molar-refractivity contribution < 1.29 is 17.9 Å². The van der Waals surface area contributed by atoms with E-state index in [1.54, 1.807) is 49.4 Å². The lowest BCUT2D eigenvalue weighted by Gasteiger charge is -2.23. The number of esters is 1. The van der Waals surface area contributed by atoms with E-state index in [0.29, 0.717) is 32.1 Å². The molecule has 0 aliphatic heterocycles. The van der Waals surface area contributed by atoms with Crippen LogP contribution in [0.4, 0.5) is 0 Å². The molecule has 0 saturated heterocycles. The fraction of sp³-hybridized carbons (Fsp3) is 0.227. The second-order valence-corrected chi connectivity index (χ2v) is 9.89. The van der Waals surface area contributed by atoms with Gasteiger partial charge < -0.3 is 15.5 Å². The molecule has 0 amide bonds. The average Bonchev–Trinajstić information content (AvgIpc) is 3.15. The van der Waals surface area contributed by atoms with Gasteiger partial charge in [0.15, 0.2) is 0 Å². The van der Waals surface area contributed by atoms with Gasteiger partial charge in [-0.1, -0.05) is 48.3 Å². The van der Waals surface area contributed by atoms with Crippen LogP contribution >= 0.6 is 23.2 Å². The van der Waals surface area contributed by atoms with Crippen molar-refractivity contribution in [3.8, 4) is 0 Å². The van der Waals surface area contributed by atoms with Crippen molar-refractivity contribution in [1.29, 1.82) is 0 Å². The number of aromatic amines is 1. The highest BCUT2D eigenvalue weighted by Crippen LogP contribution is 2.38. The molecule has 0 spiro atoms. The highest BCUT2D eigenvalue weighted by Gasteiger charge is 2.38. The van der Waals surface area contributed by atoms with Gasteiger partial charge in [-0.15, -0.1) is 6.58 Å². The van der Waals surface area contributed by atoms with Crippen molar-refractivity contribution in [3.05, 3.63) is 82.0 Å². The number of H-pyrrole nitrogens is 1. The fourth-order valence-electron chi connectivity index (χ4n) is 3.28. The first-order valence-corrected chi connectivity index (χ1v) is 11.9. The minimum absolute atomic E-state index is 0.0229. The molecule has 9 heteroatoms. The van der Waals surface area contributed by atoms with Crippen LogP contribution in [0.25, 0.3) is 10.9 Å². The lowest BCUT2D eigenvalue weighted by molar-refractivity contribution is -0.145. The number of nitrogens with two attached hydrogens (primary N) is 1. The summed E-state index contributed by atoms with van der Waals surface area (Å²) < 4.78 is 32.8. The van der Waals surface area contributed by atoms with Gasteiger partial charge in [0.2, 0.25) is 15.3 Å². The van der Waals surface area contributed by atoms with E-state index in [1.165, 1.54) is 6.08 Å². The van der Waals surface area contributed by atoms with E-state index in [2.05, 4.69) is 11.6 Å². The second kappa shape index (κ2) is 9.44. The summed E-state index contributed by atoms with van der Waals surface area (Å²) in [6.45, 7) is 5.44. The molecule has 2 unspecified atom stereocenters. The smallest absolute Gasteiger partial charge is 0.307 e. The Bertz CT molecular complexity index is 1240. The number of halogens is 2. The Morgan fingerprint density at radius 1 is 1.23 bits per heavy atom. The number of benzene rings is 2. The van der Waals surface area contributed by atoms with E-state index in [-0.39, 0.29) is 18.7 Å². The molecule has 31 heavy (non-hydrogen) atoms. The second-order valence-electron chi connectivity index (χ2n) is 6.93. The van der Waals surface area contributed by atoms with E-state index < -0.39 is 26.5 Å². The summed E-state index contributed by atoms with van der Waals surface area (Å²) in [6.07, 6.45) is 1.32. The summed E-state index contributed by atoms with van der Waals surface area (Å²) in [4.78, 5) is 15.2. The quantitative estimate of drug-likeness (QED) is 0.339. The molecule has 6 nitrogen and oxygen atoms in total. The van der Waals surface area contributed by atoms with Gasteiger partial charge in [0.05, 0.1) is 5.69 Å². The first kappa shape index (κ1) is 23.3. The molecule has 0 aliphatic carbocycles. The van der Waals surface area contributed by atoms with Gasteiger partial charge in [0.1, 0.15) is 5.25 Å². The van der Waals surface area contributed by atoms with Crippen LogP contribution in [0.2, 0.25) is 10.0 Å². The number of ether oxygens (including phenoxy) is 1. The first-order chi connectivity index (χ1) is 14.7. The van der Waals surface area contributed by atoms with Crippen LogP contribution in [-0.4, -0.2) is 19.4 Å². The number of aromatic nitrogens is 1. The van der Waals surface area contributed by atoms with Gasteiger partial charge in [0, 0.05) is 33.9 Å². The summed E-state index contributed by atoms with van der Waals surface area (Å²) in [7, 11) is -4.13. The third kappa shape index (κ3) is 4.80. The van der Waals surface area contributed by atoms with E-state index in [9.17, 15) is 13.2 Å². The average molecular weight is 481 g/mol. The van der Waals surface area contributed by atoms with Crippen molar-refractivity contribution >= 4 is 49.9 Å². The molecule has 2 atom stereocenters. The van der Waals surface area contributed by atoms with Gasteiger partial charge in [-0.05, 0) is 41.5 Å². The summed E-state index contributed by atoms with van der Waals surface area (Å²) in [5.41, 5.74) is 6.07. The Hall–Kier alpha value is -2.32. The van der Waals surface area contributed by atoms with Gasteiger partial charge in [0.25, 0.3) is 0 Å². The Morgan fingerprint density at radius 2 is 1.97 bits per heavy atom. The summed E-state index contributed by atoms with van der Waals surface area (Å²) >= 11 is 12.2. The first-order valence-electron chi connectivity index (χ1n) is 9.52. The summed E-state index contributed by atoms with van der Waals surface area (Å²) in [5.74, 6) is -0.646. The topological polar surface area (TPSA) is 102 Å². The van der Waals surface area contributed by atoms with E-state index >= 15 is 0 Å². The van der Waals surface area contributed by atoms with Gasteiger partial charge in [-0.3, -0.25) is 4.79 Å². The third-order valence-electron chi connectivity index (χ3n) is 4.87. The number of rotatable bonds is 8. The number of carbonyl (C=O) groups is 1. The number of sulfone groups is 1. The highest BCUT2D eigenvalue weighted by molar-refractivity contribution is 7.91. The fourth-order valence-corrected chi connectivity index (χ4v) is 5.44.